The van der Waals surface area contributed by atoms with E-state index in [0.29, 0.717) is 28.6 Å². The molecule has 0 aliphatic heterocycles. The lowest BCUT2D eigenvalue weighted by Gasteiger charge is -2.13. The van der Waals surface area contributed by atoms with Gasteiger partial charge in [0.1, 0.15) is 0 Å². The molecule has 2 heterocycles. The number of carbonyl (C=O) groups excluding carboxylic acids is 1. The molecule has 6 nitrogen and oxygen atoms in total. The van der Waals surface area contributed by atoms with Crippen molar-refractivity contribution in [2.45, 2.75) is 13.3 Å². The summed E-state index contributed by atoms with van der Waals surface area (Å²) in [4.78, 5) is 16.8. The zero-order valence-electron chi connectivity index (χ0n) is 14.2. The first-order valence-corrected chi connectivity index (χ1v) is 8.49. The van der Waals surface area contributed by atoms with Crippen LogP contribution in [0.5, 0.6) is 11.5 Å². The van der Waals surface area contributed by atoms with Gasteiger partial charge in [-0.3, -0.25) is 4.79 Å². The second-order valence-corrected chi connectivity index (χ2v) is 6.23. The van der Waals surface area contributed by atoms with Crippen LogP contribution < -0.4 is 14.8 Å². The van der Waals surface area contributed by atoms with E-state index in [0.717, 1.165) is 10.6 Å². The Morgan fingerprint density at radius 3 is 2.72 bits per heavy atom. The van der Waals surface area contributed by atoms with Crippen molar-refractivity contribution in [1.82, 2.24) is 4.98 Å². The van der Waals surface area contributed by atoms with Gasteiger partial charge in [0, 0.05) is 17.1 Å². The number of nitrogens with zero attached hydrogens (tertiary/aromatic N) is 1. The van der Waals surface area contributed by atoms with E-state index in [1.54, 1.807) is 26.5 Å². The second kappa shape index (κ2) is 7.40. The fourth-order valence-electron chi connectivity index (χ4n) is 2.38. The number of methoxy groups -OCH3 is 2. The van der Waals surface area contributed by atoms with E-state index in [-0.39, 0.29) is 12.3 Å². The maximum absolute atomic E-state index is 12.3. The van der Waals surface area contributed by atoms with Crippen LogP contribution in [0.15, 0.2) is 40.3 Å². The lowest BCUT2D eigenvalue weighted by molar-refractivity contribution is -0.115. The van der Waals surface area contributed by atoms with Crippen molar-refractivity contribution in [3.8, 4) is 22.3 Å². The molecular weight excluding hydrogens is 340 g/mol. The highest BCUT2D eigenvalue weighted by Crippen LogP contribution is 2.33. The van der Waals surface area contributed by atoms with Gasteiger partial charge < -0.3 is 19.2 Å². The van der Waals surface area contributed by atoms with E-state index in [4.69, 9.17) is 13.9 Å². The number of rotatable bonds is 6. The van der Waals surface area contributed by atoms with E-state index in [2.05, 4.69) is 10.3 Å². The fraction of sp³-hybridized carbons (Fsp3) is 0.222. The molecule has 3 aromatic rings. The van der Waals surface area contributed by atoms with Crippen LogP contribution in [0.25, 0.3) is 10.8 Å². The Bertz CT molecular complexity index is 871. The summed E-state index contributed by atoms with van der Waals surface area (Å²) in [5.74, 6) is 1.75. The third-order valence-electron chi connectivity index (χ3n) is 3.63. The highest BCUT2D eigenvalue weighted by molar-refractivity contribution is 7.13. The van der Waals surface area contributed by atoms with Gasteiger partial charge in [0.05, 0.1) is 32.6 Å². The molecule has 0 spiro atoms. The van der Waals surface area contributed by atoms with Crippen LogP contribution in [0.4, 0.5) is 5.69 Å². The van der Waals surface area contributed by atoms with E-state index in [1.165, 1.54) is 11.3 Å². The van der Waals surface area contributed by atoms with Gasteiger partial charge >= 0.3 is 0 Å². The number of furan rings is 1. The van der Waals surface area contributed by atoms with Gasteiger partial charge in [-0.15, -0.1) is 11.3 Å². The van der Waals surface area contributed by atoms with Crippen molar-refractivity contribution >= 4 is 22.9 Å². The number of ether oxygens (including phenoxy) is 2. The van der Waals surface area contributed by atoms with Gasteiger partial charge in [-0.1, -0.05) is 0 Å². The Balaban J connectivity index is 1.71. The molecule has 0 unspecified atom stereocenters. The molecule has 0 atom stereocenters. The summed E-state index contributed by atoms with van der Waals surface area (Å²) in [6.45, 7) is 1.90. The molecule has 0 saturated carbocycles. The number of carbonyl (C=O) groups is 1. The number of anilines is 1. The monoisotopic (exact) mass is 358 g/mol. The number of benzene rings is 1. The van der Waals surface area contributed by atoms with Gasteiger partial charge in [0.2, 0.25) is 5.91 Å². The molecule has 0 fully saturated rings. The molecule has 0 aliphatic rings. The second-order valence-electron chi connectivity index (χ2n) is 5.37. The van der Waals surface area contributed by atoms with Crippen molar-refractivity contribution in [2.24, 2.45) is 0 Å². The minimum absolute atomic E-state index is 0.147. The number of amides is 1. The highest BCUT2D eigenvalue weighted by Gasteiger charge is 2.14. The highest BCUT2D eigenvalue weighted by atomic mass is 32.1. The average molecular weight is 358 g/mol. The van der Waals surface area contributed by atoms with E-state index in [9.17, 15) is 4.79 Å². The Hall–Kier alpha value is -2.80. The zero-order chi connectivity index (χ0) is 17.8. The van der Waals surface area contributed by atoms with Crippen molar-refractivity contribution in [2.75, 3.05) is 19.5 Å². The third-order valence-corrected chi connectivity index (χ3v) is 4.54. The Kier molecular flexibility index (Phi) is 5.04. The van der Waals surface area contributed by atoms with Crippen LogP contribution in [0, 0.1) is 6.92 Å². The predicted octanol–water partition coefficient (Wildman–Crippen LogP) is 3.91. The van der Waals surface area contributed by atoms with Gasteiger partial charge in [-0.2, -0.15) is 0 Å². The summed E-state index contributed by atoms with van der Waals surface area (Å²) >= 11 is 1.45. The number of thiazole rings is 1. The van der Waals surface area contributed by atoms with E-state index in [1.807, 2.05) is 30.5 Å². The maximum Gasteiger partial charge on any atom is 0.230 e. The number of aryl methyl sites for hydroxylation is 1. The van der Waals surface area contributed by atoms with Crippen molar-refractivity contribution < 1.29 is 18.7 Å². The van der Waals surface area contributed by atoms with Crippen LogP contribution in [-0.2, 0) is 11.2 Å². The molecule has 1 aromatic carbocycles. The molecule has 25 heavy (non-hydrogen) atoms. The largest absolute Gasteiger partial charge is 0.493 e. The topological polar surface area (TPSA) is 73.6 Å². The number of hydrogen-bond donors (Lipinski definition) is 1. The van der Waals surface area contributed by atoms with Crippen LogP contribution in [0.1, 0.15) is 11.3 Å². The van der Waals surface area contributed by atoms with Gasteiger partial charge in [0.15, 0.2) is 22.3 Å². The summed E-state index contributed by atoms with van der Waals surface area (Å²) in [6.07, 6.45) is 1.79. The fourth-order valence-corrected chi connectivity index (χ4v) is 3.16. The normalized spacial score (nSPS) is 10.5. The van der Waals surface area contributed by atoms with Gasteiger partial charge in [0.25, 0.3) is 0 Å². The summed E-state index contributed by atoms with van der Waals surface area (Å²) in [5.41, 5.74) is 2.27. The van der Waals surface area contributed by atoms with Gasteiger partial charge in [-0.25, -0.2) is 4.98 Å². The Labute approximate surface area is 149 Å². The first kappa shape index (κ1) is 17.0. The minimum Gasteiger partial charge on any atom is -0.493 e. The van der Waals surface area contributed by atoms with Crippen LogP contribution in [0.2, 0.25) is 0 Å². The average Bonchev–Trinajstić information content (AvgIpc) is 3.27. The van der Waals surface area contributed by atoms with Crippen molar-refractivity contribution in [1.29, 1.82) is 0 Å². The van der Waals surface area contributed by atoms with E-state index < -0.39 is 0 Å². The minimum atomic E-state index is -0.147. The lowest BCUT2D eigenvalue weighted by Crippen LogP contribution is -2.15. The molecule has 0 saturated heterocycles. The maximum atomic E-state index is 12.3. The third kappa shape index (κ3) is 3.83. The van der Waals surface area contributed by atoms with Crippen LogP contribution >= 0.6 is 11.3 Å². The molecule has 7 heteroatoms. The molecule has 0 bridgehead atoms. The Morgan fingerprint density at radius 2 is 2.04 bits per heavy atom. The number of nitrogens with one attached hydrogen (secondary N) is 1. The van der Waals surface area contributed by atoms with Crippen LogP contribution in [-0.4, -0.2) is 25.1 Å². The first-order valence-electron chi connectivity index (χ1n) is 7.61. The molecule has 0 radical (unpaired) electrons. The van der Waals surface area contributed by atoms with E-state index >= 15 is 0 Å². The van der Waals surface area contributed by atoms with Crippen molar-refractivity contribution in [3.63, 3.8) is 0 Å². The molecular formula is C18H18N2O4S. The summed E-state index contributed by atoms with van der Waals surface area (Å²) in [6, 6.07) is 7.23. The summed E-state index contributed by atoms with van der Waals surface area (Å²) in [5, 5.41) is 5.51. The Morgan fingerprint density at radius 1 is 1.28 bits per heavy atom. The molecule has 1 amide bonds. The standard InChI is InChI=1S/C18H18N2O4S/c1-11-7-15(22-2)16(23-3)9-13(11)20-17(21)8-12-10-25-18(19-12)14-5-4-6-24-14/h4-7,9-10H,8H2,1-3H3,(H,20,21). The van der Waals surface area contributed by atoms with Crippen molar-refractivity contribution in [3.05, 3.63) is 47.2 Å². The molecule has 2 aromatic heterocycles. The lowest BCUT2D eigenvalue weighted by atomic mass is 10.1. The molecule has 0 aliphatic carbocycles. The predicted molar refractivity (Wildman–Crippen MR) is 96.4 cm³/mol. The SMILES string of the molecule is COc1cc(C)c(NC(=O)Cc2csc(-c3ccco3)n2)cc1OC. The molecule has 1 N–H and O–H groups in total. The number of hydrogen-bond acceptors (Lipinski definition) is 6. The smallest absolute Gasteiger partial charge is 0.230 e. The molecule has 130 valence electrons. The van der Waals surface area contributed by atoms with Crippen LogP contribution in [0.3, 0.4) is 0 Å². The zero-order valence-corrected chi connectivity index (χ0v) is 15.0. The first-order chi connectivity index (χ1) is 12.1. The van der Waals surface area contributed by atoms with Gasteiger partial charge in [-0.05, 0) is 30.7 Å². The quantitative estimate of drug-likeness (QED) is 0.723. The molecule has 3 rings (SSSR count). The summed E-state index contributed by atoms with van der Waals surface area (Å²) in [7, 11) is 3.14. The summed E-state index contributed by atoms with van der Waals surface area (Å²) < 4.78 is 15.9. The number of aromatic nitrogens is 1.